The molecule has 0 spiro atoms. The van der Waals surface area contributed by atoms with Crippen LogP contribution in [0.5, 0.6) is 0 Å². The van der Waals surface area contributed by atoms with Crippen LogP contribution in [0.3, 0.4) is 0 Å². The minimum Gasteiger partial charge on any atom is -0.326 e. The summed E-state index contributed by atoms with van der Waals surface area (Å²) >= 11 is 0. The van der Waals surface area contributed by atoms with Crippen LogP contribution >= 0.6 is 0 Å². The second kappa shape index (κ2) is 3.92. The van der Waals surface area contributed by atoms with Gasteiger partial charge in [-0.25, -0.2) is 0 Å². The van der Waals surface area contributed by atoms with Gasteiger partial charge in [0.25, 0.3) is 0 Å². The van der Waals surface area contributed by atoms with E-state index in [2.05, 4.69) is 30.6 Å². The summed E-state index contributed by atoms with van der Waals surface area (Å²) in [5.74, 6) is 0.628. The number of aromatic nitrogens is 2. The monoisotopic (exact) mass is 181 g/mol. The lowest BCUT2D eigenvalue weighted by molar-refractivity contribution is 0.472. The number of aryl methyl sites for hydroxylation is 1. The fourth-order valence-electron chi connectivity index (χ4n) is 1.55. The molecule has 1 heterocycles. The quantitative estimate of drug-likeness (QED) is 0.770. The summed E-state index contributed by atoms with van der Waals surface area (Å²) in [6.07, 6.45) is 0. The predicted octanol–water partition coefficient (Wildman–Crippen LogP) is 1.61. The molecule has 0 radical (unpaired) electrons. The lowest BCUT2D eigenvalue weighted by Gasteiger charge is -2.07. The topological polar surface area (TPSA) is 43.8 Å². The Morgan fingerprint density at radius 2 is 2.00 bits per heavy atom. The van der Waals surface area contributed by atoms with E-state index in [1.54, 1.807) is 0 Å². The van der Waals surface area contributed by atoms with Crippen molar-refractivity contribution in [3.8, 4) is 0 Å². The van der Waals surface area contributed by atoms with Crippen LogP contribution in [0.2, 0.25) is 0 Å². The molecule has 1 aromatic heterocycles. The van der Waals surface area contributed by atoms with Crippen LogP contribution in [0.25, 0.3) is 0 Å². The van der Waals surface area contributed by atoms with Crippen molar-refractivity contribution in [2.24, 2.45) is 11.7 Å². The molecule has 3 nitrogen and oxygen atoms in total. The van der Waals surface area contributed by atoms with Crippen molar-refractivity contribution in [2.75, 3.05) is 0 Å². The first-order valence-electron chi connectivity index (χ1n) is 4.79. The third kappa shape index (κ3) is 2.10. The zero-order valence-electron chi connectivity index (χ0n) is 8.96. The number of rotatable bonds is 3. The van der Waals surface area contributed by atoms with Gasteiger partial charge in [-0.2, -0.15) is 5.10 Å². The molecule has 1 rings (SSSR count). The highest BCUT2D eigenvalue weighted by atomic mass is 15.3. The minimum atomic E-state index is 0.593. The maximum atomic E-state index is 5.64. The Labute approximate surface area is 79.9 Å². The molecule has 13 heavy (non-hydrogen) atoms. The first-order chi connectivity index (χ1) is 6.06. The van der Waals surface area contributed by atoms with Gasteiger partial charge in [0.15, 0.2) is 0 Å². The average molecular weight is 181 g/mol. The van der Waals surface area contributed by atoms with Gasteiger partial charge in [-0.1, -0.05) is 13.8 Å². The fourth-order valence-corrected chi connectivity index (χ4v) is 1.55. The normalized spacial score (nSPS) is 11.2. The minimum absolute atomic E-state index is 0.593. The molecular weight excluding hydrogens is 162 g/mol. The Kier molecular flexibility index (Phi) is 3.09. The molecule has 0 atom stereocenters. The zero-order chi connectivity index (χ0) is 10.0. The molecule has 2 N–H and O–H groups in total. The van der Waals surface area contributed by atoms with Gasteiger partial charge in [-0.05, 0) is 19.8 Å². The molecule has 0 saturated carbocycles. The Morgan fingerprint density at radius 1 is 1.38 bits per heavy atom. The number of hydrogen-bond donors (Lipinski definition) is 1. The highest BCUT2D eigenvalue weighted by Gasteiger charge is 2.09. The third-order valence-corrected chi connectivity index (χ3v) is 2.27. The lowest BCUT2D eigenvalue weighted by Crippen LogP contribution is -2.08. The third-order valence-electron chi connectivity index (χ3n) is 2.27. The van der Waals surface area contributed by atoms with E-state index in [9.17, 15) is 0 Å². The summed E-state index contributed by atoms with van der Waals surface area (Å²) in [6.45, 7) is 10.1. The predicted molar refractivity (Wildman–Crippen MR) is 54.4 cm³/mol. The second-order valence-electron chi connectivity index (χ2n) is 3.93. The first kappa shape index (κ1) is 10.3. The van der Waals surface area contributed by atoms with Gasteiger partial charge in [-0.15, -0.1) is 0 Å². The van der Waals surface area contributed by atoms with E-state index in [0.29, 0.717) is 12.5 Å². The molecule has 1 aromatic rings. The Balaban J connectivity index is 2.96. The van der Waals surface area contributed by atoms with Crippen LogP contribution in [-0.2, 0) is 13.1 Å². The van der Waals surface area contributed by atoms with E-state index in [-0.39, 0.29) is 0 Å². The lowest BCUT2D eigenvalue weighted by atomic mass is 10.2. The zero-order valence-corrected chi connectivity index (χ0v) is 8.96. The first-order valence-corrected chi connectivity index (χ1v) is 4.79. The largest absolute Gasteiger partial charge is 0.326 e. The molecule has 0 aliphatic carbocycles. The van der Waals surface area contributed by atoms with Crippen LogP contribution < -0.4 is 5.73 Å². The summed E-state index contributed by atoms with van der Waals surface area (Å²) < 4.78 is 2.06. The smallest absolute Gasteiger partial charge is 0.0641 e. The second-order valence-corrected chi connectivity index (χ2v) is 3.93. The highest BCUT2D eigenvalue weighted by Crippen LogP contribution is 2.13. The Morgan fingerprint density at radius 3 is 2.38 bits per heavy atom. The van der Waals surface area contributed by atoms with Crippen molar-refractivity contribution in [3.05, 3.63) is 17.0 Å². The molecule has 74 valence electrons. The summed E-state index contributed by atoms with van der Waals surface area (Å²) in [6, 6.07) is 0. The van der Waals surface area contributed by atoms with Crippen LogP contribution in [0.15, 0.2) is 0 Å². The maximum absolute atomic E-state index is 5.64. The SMILES string of the molecule is Cc1nn(CC(C)C)c(C)c1CN. The summed E-state index contributed by atoms with van der Waals surface area (Å²) in [4.78, 5) is 0. The van der Waals surface area contributed by atoms with E-state index in [1.807, 2.05) is 6.92 Å². The van der Waals surface area contributed by atoms with Crippen LogP contribution in [0.1, 0.15) is 30.8 Å². The number of hydrogen-bond acceptors (Lipinski definition) is 2. The van der Waals surface area contributed by atoms with E-state index in [4.69, 9.17) is 5.73 Å². The van der Waals surface area contributed by atoms with E-state index >= 15 is 0 Å². The van der Waals surface area contributed by atoms with Crippen molar-refractivity contribution in [1.29, 1.82) is 0 Å². The molecule has 0 unspecified atom stereocenters. The number of nitrogens with two attached hydrogens (primary N) is 1. The Hall–Kier alpha value is -0.830. The molecule has 0 fully saturated rings. The van der Waals surface area contributed by atoms with Crippen molar-refractivity contribution < 1.29 is 0 Å². The van der Waals surface area contributed by atoms with E-state index in [1.165, 1.54) is 11.3 Å². The molecule has 0 saturated heterocycles. The molecule has 0 amide bonds. The van der Waals surface area contributed by atoms with Gasteiger partial charge in [-0.3, -0.25) is 4.68 Å². The summed E-state index contributed by atoms with van der Waals surface area (Å²) in [7, 11) is 0. The number of nitrogens with zero attached hydrogens (tertiary/aromatic N) is 2. The molecule has 0 aliphatic heterocycles. The Bertz CT molecular complexity index is 287. The van der Waals surface area contributed by atoms with Gasteiger partial charge in [0, 0.05) is 24.3 Å². The fraction of sp³-hybridized carbons (Fsp3) is 0.700. The van der Waals surface area contributed by atoms with Crippen molar-refractivity contribution in [2.45, 2.75) is 40.8 Å². The van der Waals surface area contributed by atoms with Crippen molar-refractivity contribution in [3.63, 3.8) is 0 Å². The highest BCUT2D eigenvalue weighted by molar-refractivity contribution is 5.23. The van der Waals surface area contributed by atoms with Crippen molar-refractivity contribution >= 4 is 0 Å². The maximum Gasteiger partial charge on any atom is 0.0641 e. The van der Waals surface area contributed by atoms with Gasteiger partial charge < -0.3 is 5.73 Å². The van der Waals surface area contributed by atoms with Gasteiger partial charge in [0.1, 0.15) is 0 Å². The van der Waals surface area contributed by atoms with E-state index < -0.39 is 0 Å². The van der Waals surface area contributed by atoms with Gasteiger partial charge in [0.05, 0.1) is 5.69 Å². The van der Waals surface area contributed by atoms with Crippen LogP contribution in [0, 0.1) is 19.8 Å². The standard InChI is InChI=1S/C10H19N3/c1-7(2)6-13-9(4)10(5-11)8(3)12-13/h7H,5-6,11H2,1-4H3. The van der Waals surface area contributed by atoms with Gasteiger partial charge in [0.2, 0.25) is 0 Å². The molecule has 0 aliphatic rings. The van der Waals surface area contributed by atoms with Crippen LogP contribution in [-0.4, -0.2) is 9.78 Å². The molecular formula is C10H19N3. The van der Waals surface area contributed by atoms with E-state index in [0.717, 1.165) is 12.2 Å². The summed E-state index contributed by atoms with van der Waals surface area (Å²) in [5, 5.41) is 4.46. The molecule has 0 bridgehead atoms. The van der Waals surface area contributed by atoms with Crippen LogP contribution in [0.4, 0.5) is 0 Å². The summed E-state index contributed by atoms with van der Waals surface area (Å²) in [5.41, 5.74) is 9.12. The average Bonchev–Trinajstić information content (AvgIpc) is 2.26. The molecule has 3 heteroatoms. The molecule has 0 aromatic carbocycles. The van der Waals surface area contributed by atoms with Crippen molar-refractivity contribution in [1.82, 2.24) is 9.78 Å². The van der Waals surface area contributed by atoms with Gasteiger partial charge >= 0.3 is 0 Å².